The molecule has 2 rings (SSSR count). The molecule has 0 unspecified atom stereocenters. The number of ether oxygens (including phenoxy) is 2. The van der Waals surface area contributed by atoms with E-state index in [9.17, 15) is 9.59 Å². The van der Waals surface area contributed by atoms with E-state index in [1.54, 1.807) is 7.11 Å². The van der Waals surface area contributed by atoms with Crippen LogP contribution in [-0.4, -0.2) is 31.6 Å². The van der Waals surface area contributed by atoms with Crippen molar-refractivity contribution < 1.29 is 19.1 Å². The van der Waals surface area contributed by atoms with Crippen molar-refractivity contribution in [3.63, 3.8) is 0 Å². The Labute approximate surface area is 149 Å². The van der Waals surface area contributed by atoms with Gasteiger partial charge in [-0.25, -0.2) is 0 Å². The van der Waals surface area contributed by atoms with Crippen LogP contribution in [0.1, 0.15) is 51.6 Å². The normalized spacial score (nSPS) is 18.0. The quantitative estimate of drug-likeness (QED) is 0.757. The van der Waals surface area contributed by atoms with Crippen LogP contribution in [0.2, 0.25) is 0 Å². The summed E-state index contributed by atoms with van der Waals surface area (Å²) in [4.78, 5) is 23.5. The minimum Gasteiger partial charge on any atom is -0.493 e. The first-order valence-electron chi connectivity index (χ1n) is 8.81. The smallest absolute Gasteiger partial charge is 0.243 e. The minimum atomic E-state index is -0.435. The average Bonchev–Trinajstić information content (AvgIpc) is 3.01. The lowest BCUT2D eigenvalue weighted by Crippen LogP contribution is -2.42. The Morgan fingerprint density at radius 1 is 1.32 bits per heavy atom. The first-order chi connectivity index (χ1) is 11.9. The summed E-state index contributed by atoms with van der Waals surface area (Å²) in [6.07, 6.45) is 1.93. The van der Waals surface area contributed by atoms with Crippen molar-refractivity contribution in [1.29, 1.82) is 0 Å². The van der Waals surface area contributed by atoms with Gasteiger partial charge in [-0.05, 0) is 43.4 Å². The van der Waals surface area contributed by atoms with Gasteiger partial charge in [0.25, 0.3) is 0 Å². The van der Waals surface area contributed by atoms with Gasteiger partial charge in [-0.3, -0.25) is 9.59 Å². The third-order valence-corrected chi connectivity index (χ3v) is 4.31. The molecule has 0 aliphatic carbocycles. The van der Waals surface area contributed by atoms with E-state index in [1.807, 2.05) is 25.1 Å². The highest BCUT2D eigenvalue weighted by molar-refractivity contribution is 5.90. The fraction of sp³-hybridized carbons (Fsp3) is 0.579. The van der Waals surface area contributed by atoms with Gasteiger partial charge >= 0.3 is 0 Å². The predicted octanol–water partition coefficient (Wildman–Crippen LogP) is 2.58. The molecule has 0 spiro atoms. The largest absolute Gasteiger partial charge is 0.493 e. The number of methoxy groups -OCH3 is 1. The summed E-state index contributed by atoms with van der Waals surface area (Å²) in [5.41, 5.74) is 0.922. The van der Waals surface area contributed by atoms with Gasteiger partial charge in [0.1, 0.15) is 6.04 Å². The van der Waals surface area contributed by atoms with E-state index in [4.69, 9.17) is 9.47 Å². The first-order valence-corrected chi connectivity index (χ1v) is 8.81. The molecule has 1 fully saturated rings. The molecule has 2 atom stereocenters. The topological polar surface area (TPSA) is 76.7 Å². The van der Waals surface area contributed by atoms with Gasteiger partial charge in [-0.1, -0.05) is 19.9 Å². The summed E-state index contributed by atoms with van der Waals surface area (Å²) in [6, 6.07) is 5.04. The minimum absolute atomic E-state index is 0.0719. The highest BCUT2D eigenvalue weighted by atomic mass is 16.5. The molecule has 1 aromatic rings. The third-order valence-electron chi connectivity index (χ3n) is 4.31. The van der Waals surface area contributed by atoms with E-state index in [2.05, 4.69) is 24.5 Å². The van der Waals surface area contributed by atoms with Gasteiger partial charge in [0.15, 0.2) is 11.5 Å². The molecule has 2 N–H and O–H groups in total. The van der Waals surface area contributed by atoms with E-state index >= 15 is 0 Å². The van der Waals surface area contributed by atoms with Crippen molar-refractivity contribution in [3.05, 3.63) is 23.8 Å². The van der Waals surface area contributed by atoms with E-state index in [-0.39, 0.29) is 17.9 Å². The van der Waals surface area contributed by atoms with Crippen molar-refractivity contribution in [2.75, 3.05) is 13.7 Å². The SMILES string of the molecule is COc1cc([C@@H](C)NC(=O)[C@@H]2CCC(=O)N2)ccc1OCCC(C)C. The maximum absolute atomic E-state index is 12.2. The average molecular weight is 348 g/mol. The van der Waals surface area contributed by atoms with Crippen LogP contribution < -0.4 is 20.1 Å². The maximum Gasteiger partial charge on any atom is 0.243 e. The van der Waals surface area contributed by atoms with E-state index in [1.165, 1.54) is 0 Å². The molecular formula is C19H28N2O4. The lowest BCUT2D eigenvalue weighted by molar-refractivity contribution is -0.126. The van der Waals surface area contributed by atoms with Crippen LogP contribution in [0, 0.1) is 5.92 Å². The van der Waals surface area contributed by atoms with Gasteiger partial charge < -0.3 is 20.1 Å². The molecule has 0 radical (unpaired) electrons. The maximum atomic E-state index is 12.2. The van der Waals surface area contributed by atoms with Gasteiger partial charge in [-0.2, -0.15) is 0 Å². The zero-order valence-corrected chi connectivity index (χ0v) is 15.4. The number of carbonyl (C=O) groups excluding carboxylic acids is 2. The van der Waals surface area contributed by atoms with Crippen LogP contribution in [0.15, 0.2) is 18.2 Å². The Bertz CT molecular complexity index is 615. The summed E-state index contributed by atoms with van der Waals surface area (Å²) >= 11 is 0. The standard InChI is InChI=1S/C19H28N2O4/c1-12(2)9-10-25-16-7-5-14(11-17(16)24-4)13(3)20-19(23)15-6-8-18(22)21-15/h5,7,11-13,15H,6,8-10H2,1-4H3,(H,20,23)(H,21,22)/t13-,15+/m1/s1. The molecule has 25 heavy (non-hydrogen) atoms. The molecule has 1 aliphatic rings. The van der Waals surface area contributed by atoms with Crippen molar-refractivity contribution in [2.45, 2.75) is 52.1 Å². The van der Waals surface area contributed by atoms with Crippen LogP contribution in [-0.2, 0) is 9.59 Å². The summed E-state index contributed by atoms with van der Waals surface area (Å²) in [5, 5.41) is 5.62. The second-order valence-corrected chi connectivity index (χ2v) is 6.83. The molecule has 1 aliphatic heterocycles. The number of hydrogen-bond acceptors (Lipinski definition) is 4. The van der Waals surface area contributed by atoms with Crippen molar-refractivity contribution in [1.82, 2.24) is 10.6 Å². The van der Waals surface area contributed by atoms with Crippen LogP contribution >= 0.6 is 0 Å². The summed E-state index contributed by atoms with van der Waals surface area (Å²) in [7, 11) is 1.60. The predicted molar refractivity (Wildman–Crippen MR) is 95.7 cm³/mol. The molecule has 6 heteroatoms. The molecule has 138 valence electrons. The fourth-order valence-electron chi connectivity index (χ4n) is 2.69. The zero-order valence-electron chi connectivity index (χ0n) is 15.4. The molecule has 1 heterocycles. The van der Waals surface area contributed by atoms with Gasteiger partial charge in [0.2, 0.25) is 11.8 Å². The summed E-state index contributed by atoms with van der Waals surface area (Å²) in [6.45, 7) is 6.85. The van der Waals surface area contributed by atoms with Gasteiger partial charge in [-0.15, -0.1) is 0 Å². The molecule has 0 aromatic heterocycles. The molecule has 1 aromatic carbocycles. The second-order valence-electron chi connectivity index (χ2n) is 6.83. The third kappa shape index (κ3) is 5.37. The molecule has 0 bridgehead atoms. The number of rotatable bonds is 8. The van der Waals surface area contributed by atoms with E-state index in [0.29, 0.717) is 36.9 Å². The highest BCUT2D eigenvalue weighted by Crippen LogP contribution is 2.30. The second kappa shape index (κ2) is 8.74. The van der Waals surface area contributed by atoms with Gasteiger partial charge in [0.05, 0.1) is 19.8 Å². The molecule has 0 saturated carbocycles. The Kier molecular flexibility index (Phi) is 6.67. The number of amides is 2. The Morgan fingerprint density at radius 3 is 2.68 bits per heavy atom. The lowest BCUT2D eigenvalue weighted by atomic mass is 10.1. The number of hydrogen-bond donors (Lipinski definition) is 2. The lowest BCUT2D eigenvalue weighted by Gasteiger charge is -2.19. The first kappa shape index (κ1) is 19.1. The Balaban J connectivity index is 1.98. The number of carbonyl (C=O) groups is 2. The molecule has 6 nitrogen and oxygen atoms in total. The van der Waals surface area contributed by atoms with Crippen LogP contribution in [0.3, 0.4) is 0 Å². The fourth-order valence-corrected chi connectivity index (χ4v) is 2.69. The molecular weight excluding hydrogens is 320 g/mol. The van der Waals surface area contributed by atoms with Gasteiger partial charge in [0, 0.05) is 6.42 Å². The molecule has 2 amide bonds. The van der Waals surface area contributed by atoms with Crippen molar-refractivity contribution >= 4 is 11.8 Å². The van der Waals surface area contributed by atoms with Crippen molar-refractivity contribution in [2.24, 2.45) is 5.92 Å². The Hall–Kier alpha value is -2.24. The number of nitrogens with one attached hydrogen (secondary N) is 2. The monoisotopic (exact) mass is 348 g/mol. The van der Waals surface area contributed by atoms with E-state index in [0.717, 1.165) is 12.0 Å². The Morgan fingerprint density at radius 2 is 2.08 bits per heavy atom. The summed E-state index contributed by atoms with van der Waals surface area (Å²) < 4.78 is 11.2. The van der Waals surface area contributed by atoms with Crippen LogP contribution in [0.25, 0.3) is 0 Å². The highest BCUT2D eigenvalue weighted by Gasteiger charge is 2.28. The summed E-state index contributed by atoms with van der Waals surface area (Å²) in [5.74, 6) is 1.70. The zero-order chi connectivity index (χ0) is 18.4. The van der Waals surface area contributed by atoms with Crippen LogP contribution in [0.5, 0.6) is 11.5 Å². The van der Waals surface area contributed by atoms with E-state index < -0.39 is 6.04 Å². The molecule has 1 saturated heterocycles. The van der Waals surface area contributed by atoms with Crippen LogP contribution in [0.4, 0.5) is 0 Å². The number of benzene rings is 1. The van der Waals surface area contributed by atoms with Crippen molar-refractivity contribution in [3.8, 4) is 11.5 Å².